The Balaban J connectivity index is 1.49. The number of hydrogen-bond acceptors (Lipinski definition) is 5. The molecule has 170 valence electrons. The van der Waals surface area contributed by atoms with Crippen molar-refractivity contribution in [3.63, 3.8) is 0 Å². The number of nitrogens with one attached hydrogen (secondary N) is 1. The number of H-pyrrole nitrogens is 1. The zero-order chi connectivity index (χ0) is 23.2. The molecule has 1 fully saturated rings. The first kappa shape index (κ1) is 21.1. The fourth-order valence-electron chi connectivity index (χ4n) is 4.86. The van der Waals surface area contributed by atoms with Gasteiger partial charge in [0.2, 0.25) is 5.91 Å². The normalized spacial score (nSPS) is 20.3. The second-order valence-electron chi connectivity index (χ2n) is 8.34. The van der Waals surface area contributed by atoms with Crippen molar-refractivity contribution in [2.75, 3.05) is 26.8 Å². The van der Waals surface area contributed by atoms with Gasteiger partial charge >= 0.3 is 0 Å². The van der Waals surface area contributed by atoms with E-state index in [4.69, 9.17) is 9.47 Å². The van der Waals surface area contributed by atoms with Crippen LogP contribution in [0.25, 0.3) is 10.9 Å². The Morgan fingerprint density at radius 1 is 1.18 bits per heavy atom. The number of methoxy groups -OCH3 is 1. The van der Waals surface area contributed by atoms with Crippen LogP contribution in [0.2, 0.25) is 0 Å². The first-order valence-electron chi connectivity index (χ1n) is 11.0. The maximum absolute atomic E-state index is 13.7. The van der Waals surface area contributed by atoms with Crippen LogP contribution in [0.1, 0.15) is 30.7 Å². The summed E-state index contributed by atoms with van der Waals surface area (Å²) in [6.45, 7) is 4.65. The third kappa shape index (κ3) is 3.25. The van der Waals surface area contributed by atoms with Gasteiger partial charge in [-0.05, 0) is 55.7 Å². The van der Waals surface area contributed by atoms with E-state index < -0.39 is 5.54 Å². The maximum atomic E-state index is 13.7. The summed E-state index contributed by atoms with van der Waals surface area (Å²) in [5.41, 5.74) is 2.44. The fourth-order valence-corrected chi connectivity index (χ4v) is 4.86. The van der Waals surface area contributed by atoms with Gasteiger partial charge in [0.1, 0.15) is 6.54 Å². The van der Waals surface area contributed by atoms with E-state index in [0.717, 1.165) is 27.7 Å². The molecule has 2 aliphatic rings. The molecule has 0 spiro atoms. The summed E-state index contributed by atoms with van der Waals surface area (Å²) in [6, 6.07) is 13.4. The molecule has 8 nitrogen and oxygen atoms in total. The number of rotatable bonds is 5. The summed E-state index contributed by atoms with van der Waals surface area (Å²) >= 11 is 0. The average molecular weight is 447 g/mol. The van der Waals surface area contributed by atoms with Gasteiger partial charge in [0.15, 0.2) is 17.0 Å². The third-order valence-electron chi connectivity index (χ3n) is 6.50. The zero-order valence-corrected chi connectivity index (χ0v) is 18.9. The summed E-state index contributed by atoms with van der Waals surface area (Å²) in [5, 5.41) is 6.76. The Morgan fingerprint density at radius 3 is 2.79 bits per heavy atom. The second-order valence-corrected chi connectivity index (χ2v) is 8.34. The number of para-hydroxylation sites is 1. The van der Waals surface area contributed by atoms with E-state index in [1.807, 2.05) is 44.2 Å². The summed E-state index contributed by atoms with van der Waals surface area (Å²) < 4.78 is 10.9. The largest absolute Gasteiger partial charge is 0.493 e. The van der Waals surface area contributed by atoms with Gasteiger partial charge in [0.05, 0.1) is 25.6 Å². The van der Waals surface area contributed by atoms with E-state index in [0.29, 0.717) is 31.1 Å². The average Bonchev–Trinajstić information content (AvgIpc) is 3.21. The lowest BCUT2D eigenvalue weighted by Gasteiger charge is -2.48. The Hall–Kier alpha value is -3.81. The SMILES string of the molecule is CCOc1ccc(C=NN2CC(=O)N3CCc4c([nH]c5ccccc45)C3(C)C2=O)cc1OC. The molecule has 0 aliphatic carbocycles. The number of carbonyl (C=O) groups excluding carboxylic acids is 2. The Morgan fingerprint density at radius 2 is 2.00 bits per heavy atom. The lowest BCUT2D eigenvalue weighted by atomic mass is 9.83. The topological polar surface area (TPSA) is 87.2 Å². The van der Waals surface area contributed by atoms with Crippen molar-refractivity contribution in [1.29, 1.82) is 0 Å². The molecule has 0 bridgehead atoms. The lowest BCUT2D eigenvalue weighted by molar-refractivity contribution is -0.165. The highest BCUT2D eigenvalue weighted by Gasteiger charge is 2.54. The van der Waals surface area contributed by atoms with Crippen molar-refractivity contribution < 1.29 is 19.1 Å². The van der Waals surface area contributed by atoms with Crippen molar-refractivity contribution in [3.05, 3.63) is 59.3 Å². The first-order valence-corrected chi connectivity index (χ1v) is 11.0. The van der Waals surface area contributed by atoms with Gasteiger partial charge in [-0.1, -0.05) is 18.2 Å². The van der Waals surface area contributed by atoms with Gasteiger partial charge in [-0.3, -0.25) is 9.59 Å². The minimum absolute atomic E-state index is 0.0886. The quantitative estimate of drug-likeness (QED) is 0.611. The van der Waals surface area contributed by atoms with Crippen LogP contribution < -0.4 is 9.47 Å². The molecule has 3 aromatic rings. The van der Waals surface area contributed by atoms with E-state index in [1.165, 1.54) is 5.01 Å². The number of carbonyl (C=O) groups is 2. The highest BCUT2D eigenvalue weighted by atomic mass is 16.5. The van der Waals surface area contributed by atoms with Crippen LogP contribution >= 0.6 is 0 Å². The number of hydrazone groups is 1. The molecule has 33 heavy (non-hydrogen) atoms. The Bertz CT molecular complexity index is 1280. The summed E-state index contributed by atoms with van der Waals surface area (Å²) in [5.74, 6) is 0.861. The molecule has 8 heteroatoms. The third-order valence-corrected chi connectivity index (χ3v) is 6.50. The summed E-state index contributed by atoms with van der Waals surface area (Å²) in [7, 11) is 1.57. The van der Waals surface area contributed by atoms with E-state index in [-0.39, 0.29) is 18.4 Å². The molecular weight excluding hydrogens is 420 g/mol. The summed E-state index contributed by atoms with van der Waals surface area (Å²) in [6.07, 6.45) is 2.28. The van der Waals surface area contributed by atoms with Gasteiger partial charge in [-0.25, -0.2) is 5.01 Å². The highest BCUT2D eigenvalue weighted by molar-refractivity contribution is 6.01. The number of aromatic nitrogens is 1. The van der Waals surface area contributed by atoms with Crippen molar-refractivity contribution in [1.82, 2.24) is 14.9 Å². The molecule has 2 amide bonds. The van der Waals surface area contributed by atoms with Crippen molar-refractivity contribution in [3.8, 4) is 11.5 Å². The van der Waals surface area contributed by atoms with Crippen LogP contribution in [0, 0.1) is 0 Å². The van der Waals surface area contributed by atoms with Crippen LogP contribution in [0.4, 0.5) is 0 Å². The first-order chi connectivity index (χ1) is 16.0. The molecular formula is C25H26N4O4. The van der Waals surface area contributed by atoms with Gasteiger partial charge < -0.3 is 19.4 Å². The molecule has 1 saturated heterocycles. The lowest BCUT2D eigenvalue weighted by Crippen LogP contribution is -2.65. The number of hydrogen-bond donors (Lipinski definition) is 1. The molecule has 2 aromatic carbocycles. The molecule has 1 aromatic heterocycles. The number of benzene rings is 2. The standard InChI is InChI=1S/C25H26N4O4/c1-4-33-20-10-9-16(13-21(20)32-3)14-26-29-15-22(30)28-12-11-18-17-7-5-6-8-19(17)27-23(18)25(28,2)24(29)31/h5-10,13-14,27H,4,11-12,15H2,1-3H3. The predicted molar refractivity (Wildman–Crippen MR) is 125 cm³/mol. The molecule has 1 unspecified atom stereocenters. The van der Waals surface area contributed by atoms with E-state index in [2.05, 4.69) is 10.1 Å². The molecule has 0 saturated carbocycles. The van der Waals surface area contributed by atoms with Crippen molar-refractivity contribution >= 4 is 28.9 Å². The molecule has 0 radical (unpaired) electrons. The predicted octanol–water partition coefficient (Wildman–Crippen LogP) is 3.05. The van der Waals surface area contributed by atoms with Gasteiger partial charge in [0.25, 0.3) is 5.91 Å². The number of amides is 2. The smallest absolute Gasteiger partial charge is 0.275 e. The minimum Gasteiger partial charge on any atom is -0.493 e. The maximum Gasteiger partial charge on any atom is 0.275 e. The number of fused-ring (bicyclic) bond motifs is 5. The summed E-state index contributed by atoms with van der Waals surface area (Å²) in [4.78, 5) is 31.8. The monoisotopic (exact) mass is 446 g/mol. The Labute approximate surface area is 191 Å². The number of aromatic amines is 1. The van der Waals surface area contributed by atoms with Crippen LogP contribution in [0.3, 0.4) is 0 Å². The molecule has 1 N–H and O–H groups in total. The second kappa shape index (κ2) is 7.95. The van der Waals surface area contributed by atoms with Crippen molar-refractivity contribution in [2.45, 2.75) is 25.8 Å². The number of nitrogens with zero attached hydrogens (tertiary/aromatic N) is 3. The molecule has 5 rings (SSSR count). The van der Waals surface area contributed by atoms with Gasteiger partial charge in [0, 0.05) is 17.4 Å². The fraction of sp³-hybridized carbons (Fsp3) is 0.320. The zero-order valence-electron chi connectivity index (χ0n) is 18.9. The van der Waals surface area contributed by atoms with Crippen LogP contribution in [0.15, 0.2) is 47.6 Å². The Kier molecular flexibility index (Phi) is 5.08. The van der Waals surface area contributed by atoms with E-state index >= 15 is 0 Å². The van der Waals surface area contributed by atoms with Crippen molar-refractivity contribution in [2.24, 2.45) is 5.10 Å². The molecule has 2 aliphatic heterocycles. The van der Waals surface area contributed by atoms with Crippen LogP contribution in [-0.2, 0) is 21.5 Å². The van der Waals surface area contributed by atoms with Gasteiger partial charge in [-0.15, -0.1) is 0 Å². The number of piperazine rings is 1. The molecule has 3 heterocycles. The number of ether oxygens (including phenoxy) is 2. The minimum atomic E-state index is -1.13. The highest BCUT2D eigenvalue weighted by Crippen LogP contribution is 2.42. The van der Waals surface area contributed by atoms with E-state index in [9.17, 15) is 9.59 Å². The van der Waals surface area contributed by atoms with Gasteiger partial charge in [-0.2, -0.15) is 5.10 Å². The molecule has 1 atom stereocenters. The van der Waals surface area contributed by atoms with Crippen LogP contribution in [0.5, 0.6) is 11.5 Å². The van der Waals surface area contributed by atoms with Crippen LogP contribution in [-0.4, -0.2) is 59.7 Å². The van der Waals surface area contributed by atoms with E-state index in [1.54, 1.807) is 30.4 Å².